The SMILES string of the molecule is CCNC(CN(C)CC(F)F)(C(=O)O)C1CC1. The third-order valence-electron chi connectivity index (χ3n) is 3.12. The first-order chi connectivity index (χ1) is 7.92. The lowest BCUT2D eigenvalue weighted by Crippen LogP contribution is -2.60. The maximum Gasteiger partial charge on any atom is 0.325 e. The molecule has 1 fully saturated rings. The molecule has 1 aliphatic carbocycles. The fourth-order valence-corrected chi connectivity index (χ4v) is 2.26. The number of hydrogen-bond donors (Lipinski definition) is 2. The van der Waals surface area contributed by atoms with Crippen molar-refractivity contribution in [3.63, 3.8) is 0 Å². The molecule has 0 heterocycles. The number of carboxylic acids is 1. The highest BCUT2D eigenvalue weighted by molar-refractivity contribution is 5.80. The summed E-state index contributed by atoms with van der Waals surface area (Å²) in [7, 11) is 1.53. The number of alkyl halides is 2. The van der Waals surface area contributed by atoms with E-state index < -0.39 is 24.5 Å². The van der Waals surface area contributed by atoms with Crippen molar-refractivity contribution in [2.24, 2.45) is 5.92 Å². The molecule has 4 nitrogen and oxygen atoms in total. The van der Waals surface area contributed by atoms with Crippen LogP contribution in [-0.4, -0.2) is 54.6 Å². The zero-order valence-corrected chi connectivity index (χ0v) is 10.2. The van der Waals surface area contributed by atoms with Crippen LogP contribution in [0.5, 0.6) is 0 Å². The fraction of sp³-hybridized carbons (Fsp3) is 0.909. The van der Waals surface area contributed by atoms with Crippen LogP contribution < -0.4 is 5.32 Å². The van der Waals surface area contributed by atoms with E-state index in [1.165, 1.54) is 11.9 Å². The summed E-state index contributed by atoms with van der Waals surface area (Å²) in [6.45, 7) is 2.07. The van der Waals surface area contributed by atoms with Gasteiger partial charge in [-0.2, -0.15) is 0 Å². The molecule has 0 aromatic heterocycles. The van der Waals surface area contributed by atoms with Crippen LogP contribution in [0.1, 0.15) is 19.8 Å². The lowest BCUT2D eigenvalue weighted by atomic mass is 9.92. The van der Waals surface area contributed by atoms with Gasteiger partial charge in [-0.3, -0.25) is 9.69 Å². The number of nitrogens with one attached hydrogen (secondary N) is 1. The van der Waals surface area contributed by atoms with Crippen LogP contribution in [0.3, 0.4) is 0 Å². The molecule has 1 unspecified atom stereocenters. The molecule has 0 amide bonds. The average molecular weight is 250 g/mol. The molecule has 0 spiro atoms. The minimum absolute atomic E-state index is 0.0556. The van der Waals surface area contributed by atoms with Crippen LogP contribution in [0.4, 0.5) is 8.78 Å². The molecule has 6 heteroatoms. The molecule has 0 saturated heterocycles. The number of halogens is 2. The molecule has 1 rings (SSSR count). The van der Waals surface area contributed by atoms with Crippen LogP contribution >= 0.6 is 0 Å². The zero-order chi connectivity index (χ0) is 13.1. The summed E-state index contributed by atoms with van der Waals surface area (Å²) in [5.74, 6) is -0.886. The zero-order valence-electron chi connectivity index (χ0n) is 10.2. The van der Waals surface area contributed by atoms with E-state index >= 15 is 0 Å². The van der Waals surface area contributed by atoms with Gasteiger partial charge in [-0.25, -0.2) is 8.78 Å². The van der Waals surface area contributed by atoms with Crippen LogP contribution in [0.25, 0.3) is 0 Å². The van der Waals surface area contributed by atoms with E-state index in [0.29, 0.717) is 6.54 Å². The summed E-state index contributed by atoms with van der Waals surface area (Å²) in [4.78, 5) is 12.8. The highest BCUT2D eigenvalue weighted by Gasteiger charge is 2.51. The molecule has 0 aromatic rings. The standard InChI is InChI=1S/C11H20F2N2O2/c1-3-14-11(10(16)17,8-4-5-8)7-15(2)6-9(12)13/h8-9,14H,3-7H2,1-2H3,(H,16,17). The second-order valence-corrected chi connectivity index (χ2v) is 4.67. The Kier molecular flexibility index (Phi) is 4.82. The minimum Gasteiger partial charge on any atom is -0.480 e. The van der Waals surface area contributed by atoms with Gasteiger partial charge in [0.2, 0.25) is 0 Å². The third kappa shape index (κ3) is 3.61. The third-order valence-corrected chi connectivity index (χ3v) is 3.12. The van der Waals surface area contributed by atoms with Crippen molar-refractivity contribution in [2.75, 3.05) is 26.7 Å². The van der Waals surface area contributed by atoms with E-state index in [4.69, 9.17) is 0 Å². The summed E-state index contributed by atoms with van der Waals surface area (Å²) in [6.07, 6.45) is -0.740. The highest BCUT2D eigenvalue weighted by Crippen LogP contribution is 2.40. The van der Waals surface area contributed by atoms with Crippen LogP contribution in [0, 0.1) is 5.92 Å². The van der Waals surface area contributed by atoms with Gasteiger partial charge in [0.25, 0.3) is 6.43 Å². The first-order valence-corrected chi connectivity index (χ1v) is 5.87. The van der Waals surface area contributed by atoms with E-state index in [1.807, 2.05) is 6.92 Å². The number of carbonyl (C=O) groups is 1. The number of aliphatic carboxylic acids is 1. The predicted octanol–water partition coefficient (Wildman–Crippen LogP) is 1.03. The van der Waals surface area contributed by atoms with Gasteiger partial charge in [-0.15, -0.1) is 0 Å². The molecular weight excluding hydrogens is 230 g/mol. The molecule has 100 valence electrons. The van der Waals surface area contributed by atoms with Crippen molar-refractivity contribution in [3.05, 3.63) is 0 Å². The monoisotopic (exact) mass is 250 g/mol. The summed E-state index contributed by atoms with van der Waals surface area (Å²) in [5.41, 5.74) is -1.07. The Hall–Kier alpha value is -0.750. The van der Waals surface area contributed by atoms with Crippen molar-refractivity contribution in [3.8, 4) is 0 Å². The second kappa shape index (κ2) is 5.73. The smallest absolute Gasteiger partial charge is 0.325 e. The van der Waals surface area contributed by atoms with Gasteiger partial charge in [0.1, 0.15) is 5.54 Å². The van der Waals surface area contributed by atoms with Gasteiger partial charge in [0.05, 0.1) is 6.54 Å². The first-order valence-electron chi connectivity index (χ1n) is 5.87. The summed E-state index contributed by atoms with van der Waals surface area (Å²) >= 11 is 0. The van der Waals surface area contributed by atoms with Crippen molar-refractivity contribution in [2.45, 2.75) is 31.7 Å². The molecule has 17 heavy (non-hydrogen) atoms. The highest BCUT2D eigenvalue weighted by atomic mass is 19.3. The molecule has 0 aliphatic heterocycles. The maximum absolute atomic E-state index is 12.3. The molecular formula is C11H20F2N2O2. The second-order valence-electron chi connectivity index (χ2n) is 4.67. The number of hydrogen-bond acceptors (Lipinski definition) is 3. The lowest BCUT2D eigenvalue weighted by Gasteiger charge is -2.34. The molecule has 1 saturated carbocycles. The Labute approximate surface area is 100.0 Å². The molecule has 1 aliphatic rings. The number of nitrogens with zero attached hydrogens (tertiary/aromatic N) is 1. The maximum atomic E-state index is 12.3. The normalized spacial score (nSPS) is 19.6. The Balaban J connectivity index is 2.71. The Morgan fingerprint density at radius 2 is 2.18 bits per heavy atom. The van der Waals surface area contributed by atoms with E-state index in [-0.39, 0.29) is 12.5 Å². The minimum atomic E-state index is -2.44. The van der Waals surface area contributed by atoms with Gasteiger partial charge in [0.15, 0.2) is 0 Å². The van der Waals surface area contributed by atoms with E-state index in [9.17, 15) is 18.7 Å². The van der Waals surface area contributed by atoms with Crippen molar-refractivity contribution in [1.82, 2.24) is 10.2 Å². The van der Waals surface area contributed by atoms with E-state index in [0.717, 1.165) is 12.8 Å². The van der Waals surface area contributed by atoms with Gasteiger partial charge in [0, 0.05) is 6.54 Å². The van der Waals surface area contributed by atoms with Crippen molar-refractivity contribution < 1.29 is 18.7 Å². The molecule has 0 aromatic carbocycles. The summed E-state index contributed by atoms with van der Waals surface area (Å²) < 4.78 is 24.5. The Morgan fingerprint density at radius 3 is 2.53 bits per heavy atom. The van der Waals surface area contributed by atoms with Gasteiger partial charge < -0.3 is 10.4 Å². The van der Waals surface area contributed by atoms with Gasteiger partial charge in [-0.05, 0) is 32.4 Å². The molecule has 0 bridgehead atoms. The van der Waals surface area contributed by atoms with E-state index in [1.54, 1.807) is 0 Å². The topological polar surface area (TPSA) is 52.6 Å². The van der Waals surface area contributed by atoms with Crippen LogP contribution in [0.15, 0.2) is 0 Å². The largest absolute Gasteiger partial charge is 0.480 e. The van der Waals surface area contributed by atoms with Gasteiger partial charge >= 0.3 is 5.97 Å². The molecule has 0 radical (unpaired) electrons. The number of carboxylic acid groups (broad SMARTS) is 1. The van der Waals surface area contributed by atoms with Crippen molar-refractivity contribution in [1.29, 1.82) is 0 Å². The summed E-state index contributed by atoms with van der Waals surface area (Å²) in [6, 6.07) is 0. The quantitative estimate of drug-likeness (QED) is 0.675. The number of rotatable bonds is 8. The van der Waals surface area contributed by atoms with Crippen LogP contribution in [-0.2, 0) is 4.79 Å². The first kappa shape index (κ1) is 14.3. The summed E-state index contributed by atoms with van der Waals surface area (Å²) in [5, 5.41) is 12.3. The van der Waals surface area contributed by atoms with Crippen LogP contribution in [0.2, 0.25) is 0 Å². The molecule has 2 N–H and O–H groups in total. The average Bonchev–Trinajstić information content (AvgIpc) is 2.98. The van der Waals surface area contributed by atoms with E-state index in [2.05, 4.69) is 5.32 Å². The Bertz CT molecular complexity index is 272. The number of likely N-dealkylation sites (N-methyl/N-ethyl adjacent to an activating group) is 2. The van der Waals surface area contributed by atoms with Crippen molar-refractivity contribution >= 4 is 5.97 Å². The Morgan fingerprint density at radius 1 is 1.59 bits per heavy atom. The molecule has 1 atom stereocenters. The predicted molar refractivity (Wildman–Crippen MR) is 60.3 cm³/mol. The lowest BCUT2D eigenvalue weighted by molar-refractivity contribution is -0.147. The fourth-order valence-electron chi connectivity index (χ4n) is 2.26. The van der Waals surface area contributed by atoms with Gasteiger partial charge in [-0.1, -0.05) is 6.92 Å².